The Labute approximate surface area is 237 Å². The molecule has 0 bridgehead atoms. The van der Waals surface area contributed by atoms with E-state index >= 15 is 0 Å². The van der Waals surface area contributed by atoms with Crippen molar-refractivity contribution in [3.63, 3.8) is 0 Å². The number of nitrogens with two attached hydrogens (primary N) is 1. The Balaban J connectivity index is 1.42. The molecule has 2 heterocycles. The first-order valence-corrected chi connectivity index (χ1v) is 13.8. The minimum absolute atomic E-state index is 0.0686. The van der Waals surface area contributed by atoms with Gasteiger partial charge in [-0.3, -0.25) is 14.4 Å². The fourth-order valence-corrected chi connectivity index (χ4v) is 5.28. The number of H-pyrrole nitrogens is 1. The number of halogens is 1. The van der Waals surface area contributed by atoms with Crippen molar-refractivity contribution in [3.05, 3.63) is 99.8 Å². The van der Waals surface area contributed by atoms with E-state index in [1.807, 2.05) is 41.3 Å². The zero-order chi connectivity index (χ0) is 28.1. The topological polar surface area (TPSA) is 118 Å². The van der Waals surface area contributed by atoms with Crippen LogP contribution in [0.3, 0.4) is 0 Å². The number of hydrogen-bond acceptors (Lipinski definition) is 5. The van der Waals surface area contributed by atoms with Gasteiger partial charge >= 0.3 is 5.97 Å². The summed E-state index contributed by atoms with van der Waals surface area (Å²) in [6, 6.07) is 19.9. The molecule has 0 saturated carbocycles. The number of hydrogen-bond donors (Lipinski definition) is 2. The number of nitrogens with zero attached hydrogens (tertiary/aromatic N) is 2. The maximum Gasteiger partial charge on any atom is 0.306 e. The van der Waals surface area contributed by atoms with E-state index in [9.17, 15) is 14.4 Å². The molecule has 0 unspecified atom stereocenters. The molecule has 0 aliphatic carbocycles. The van der Waals surface area contributed by atoms with Gasteiger partial charge in [0, 0.05) is 41.6 Å². The summed E-state index contributed by atoms with van der Waals surface area (Å²) < 4.78 is 5.51. The molecule has 1 aliphatic rings. The van der Waals surface area contributed by atoms with Crippen molar-refractivity contribution in [2.24, 2.45) is 5.73 Å². The van der Waals surface area contributed by atoms with Crippen LogP contribution < -0.4 is 5.73 Å². The standard InChI is InChI=1S/C31H31ClN4O4/c32-24-10-12-26-27(18-24)35-30(34-26)22(9-13-28(37)40-19-20-6-2-1-3-7-20)17-23-16-21(29(33)38)8-11-25(23)31(39)36-14-4-5-15-36/h1-3,6-8,10-12,16,18,22H,4-5,9,13-15,17,19H2,(H2,33,38)(H,34,35)/t22-/m0/s1. The normalized spacial score (nSPS) is 13.9. The number of imidazole rings is 1. The first kappa shape index (κ1) is 27.4. The van der Waals surface area contributed by atoms with Crippen LogP contribution in [-0.2, 0) is 22.6 Å². The number of aromatic nitrogens is 2. The van der Waals surface area contributed by atoms with E-state index in [-0.39, 0.29) is 30.8 Å². The molecule has 3 aromatic carbocycles. The fraction of sp³-hybridized carbons (Fsp3) is 0.290. The zero-order valence-corrected chi connectivity index (χ0v) is 22.8. The third kappa shape index (κ3) is 6.51. The molecule has 1 aromatic heterocycles. The largest absolute Gasteiger partial charge is 0.461 e. The van der Waals surface area contributed by atoms with Gasteiger partial charge in [-0.25, -0.2) is 4.98 Å². The van der Waals surface area contributed by atoms with Gasteiger partial charge < -0.3 is 20.4 Å². The van der Waals surface area contributed by atoms with E-state index in [1.165, 1.54) is 0 Å². The van der Waals surface area contributed by atoms with E-state index in [1.54, 1.807) is 30.3 Å². The number of benzene rings is 3. The van der Waals surface area contributed by atoms with Gasteiger partial charge in [0.25, 0.3) is 5.91 Å². The number of fused-ring (bicyclic) bond motifs is 1. The van der Waals surface area contributed by atoms with Crippen LogP contribution in [0.25, 0.3) is 11.0 Å². The second kappa shape index (κ2) is 12.3. The summed E-state index contributed by atoms with van der Waals surface area (Å²) in [7, 11) is 0. The van der Waals surface area contributed by atoms with Crippen LogP contribution in [0.1, 0.15) is 69.3 Å². The second-order valence-corrected chi connectivity index (χ2v) is 10.5. The van der Waals surface area contributed by atoms with E-state index in [0.717, 1.165) is 23.9 Å². The predicted octanol–water partition coefficient (Wildman–Crippen LogP) is 5.40. The van der Waals surface area contributed by atoms with Crippen LogP contribution in [0, 0.1) is 0 Å². The van der Waals surface area contributed by atoms with Gasteiger partial charge in [0.1, 0.15) is 12.4 Å². The Hall–Kier alpha value is -4.17. The van der Waals surface area contributed by atoms with Gasteiger partial charge in [-0.05, 0) is 73.2 Å². The number of nitrogens with one attached hydrogen (secondary N) is 1. The van der Waals surface area contributed by atoms with E-state index in [2.05, 4.69) is 4.98 Å². The van der Waals surface area contributed by atoms with Gasteiger partial charge in [0.05, 0.1) is 11.0 Å². The van der Waals surface area contributed by atoms with Crippen molar-refractivity contribution in [2.75, 3.05) is 13.1 Å². The molecule has 0 radical (unpaired) electrons. The summed E-state index contributed by atoms with van der Waals surface area (Å²) >= 11 is 6.19. The molecule has 1 atom stereocenters. The molecule has 4 aromatic rings. The molecule has 5 rings (SSSR count). The Morgan fingerprint density at radius 3 is 2.55 bits per heavy atom. The van der Waals surface area contributed by atoms with Crippen LogP contribution in [-0.4, -0.2) is 45.7 Å². The second-order valence-electron chi connectivity index (χ2n) is 10.1. The number of aromatic amines is 1. The van der Waals surface area contributed by atoms with Gasteiger partial charge in [-0.1, -0.05) is 41.9 Å². The molecule has 1 aliphatic heterocycles. The number of rotatable bonds is 10. The quantitative estimate of drug-likeness (QED) is 0.253. The van der Waals surface area contributed by atoms with Gasteiger partial charge in [0.15, 0.2) is 0 Å². The molecule has 1 fully saturated rings. The van der Waals surface area contributed by atoms with Crippen LogP contribution in [0.4, 0.5) is 0 Å². The van der Waals surface area contributed by atoms with E-state index in [4.69, 9.17) is 27.1 Å². The zero-order valence-electron chi connectivity index (χ0n) is 22.1. The van der Waals surface area contributed by atoms with E-state index < -0.39 is 5.91 Å². The number of likely N-dealkylation sites (tertiary alicyclic amines) is 1. The van der Waals surface area contributed by atoms with Gasteiger partial charge in [-0.15, -0.1) is 0 Å². The summed E-state index contributed by atoms with van der Waals surface area (Å²) in [5.41, 5.74) is 9.57. The molecule has 0 spiro atoms. The first-order chi connectivity index (χ1) is 19.4. The molecular weight excluding hydrogens is 528 g/mol. The number of carbonyl (C=O) groups excluding carboxylic acids is 3. The molecule has 40 heavy (non-hydrogen) atoms. The van der Waals surface area contributed by atoms with Gasteiger partial charge in [0.2, 0.25) is 5.91 Å². The number of ether oxygens (including phenoxy) is 1. The Morgan fingerprint density at radius 2 is 1.80 bits per heavy atom. The fourth-order valence-electron chi connectivity index (χ4n) is 5.11. The lowest BCUT2D eigenvalue weighted by Crippen LogP contribution is -2.29. The Kier molecular flexibility index (Phi) is 8.45. The van der Waals surface area contributed by atoms with E-state index in [0.29, 0.717) is 59.0 Å². The summed E-state index contributed by atoms with van der Waals surface area (Å²) in [4.78, 5) is 48.1. The average Bonchev–Trinajstić information content (AvgIpc) is 3.64. The molecule has 206 valence electrons. The third-order valence-corrected chi connectivity index (χ3v) is 7.50. The third-order valence-electron chi connectivity index (χ3n) is 7.27. The highest BCUT2D eigenvalue weighted by molar-refractivity contribution is 6.31. The number of carbonyl (C=O) groups is 3. The smallest absolute Gasteiger partial charge is 0.306 e. The average molecular weight is 559 g/mol. The highest BCUT2D eigenvalue weighted by Crippen LogP contribution is 2.30. The minimum atomic E-state index is -0.569. The van der Waals surface area contributed by atoms with Crippen LogP contribution in [0.15, 0.2) is 66.7 Å². The summed E-state index contributed by atoms with van der Waals surface area (Å²) in [6.45, 7) is 1.61. The number of amides is 2. The molecular formula is C31H31ClN4O4. The molecule has 2 amide bonds. The SMILES string of the molecule is NC(=O)c1ccc(C(=O)N2CCCC2)c(C[C@H](CCC(=O)OCc2ccccc2)c2nc3cc(Cl)ccc3[nH]2)c1. The molecule has 9 heteroatoms. The van der Waals surface area contributed by atoms with Crippen LogP contribution >= 0.6 is 11.6 Å². The van der Waals surface area contributed by atoms with Crippen LogP contribution in [0.5, 0.6) is 0 Å². The van der Waals surface area contributed by atoms with Crippen molar-refractivity contribution in [1.29, 1.82) is 0 Å². The lowest BCUT2D eigenvalue weighted by molar-refractivity contribution is -0.145. The maximum absolute atomic E-state index is 13.4. The maximum atomic E-state index is 13.4. The van der Waals surface area contributed by atoms with Crippen molar-refractivity contribution in [3.8, 4) is 0 Å². The predicted molar refractivity (Wildman–Crippen MR) is 153 cm³/mol. The lowest BCUT2D eigenvalue weighted by Gasteiger charge is -2.21. The highest BCUT2D eigenvalue weighted by Gasteiger charge is 2.26. The summed E-state index contributed by atoms with van der Waals surface area (Å²) in [5.74, 6) is -0.574. The Morgan fingerprint density at radius 1 is 1.02 bits per heavy atom. The summed E-state index contributed by atoms with van der Waals surface area (Å²) in [6.07, 6.45) is 2.88. The van der Waals surface area contributed by atoms with Crippen LogP contribution in [0.2, 0.25) is 5.02 Å². The minimum Gasteiger partial charge on any atom is -0.461 e. The van der Waals surface area contributed by atoms with Crippen molar-refractivity contribution in [2.45, 2.75) is 44.6 Å². The molecule has 1 saturated heterocycles. The highest BCUT2D eigenvalue weighted by atomic mass is 35.5. The first-order valence-electron chi connectivity index (χ1n) is 13.4. The lowest BCUT2D eigenvalue weighted by atomic mass is 9.90. The van der Waals surface area contributed by atoms with Crippen molar-refractivity contribution >= 4 is 40.4 Å². The number of primary amides is 1. The Bertz CT molecular complexity index is 1530. The number of esters is 1. The van der Waals surface area contributed by atoms with Crippen molar-refractivity contribution < 1.29 is 19.1 Å². The monoisotopic (exact) mass is 558 g/mol. The summed E-state index contributed by atoms with van der Waals surface area (Å²) in [5, 5.41) is 0.569. The van der Waals surface area contributed by atoms with Crippen molar-refractivity contribution in [1.82, 2.24) is 14.9 Å². The van der Waals surface area contributed by atoms with Gasteiger partial charge in [-0.2, -0.15) is 0 Å². The molecule has 8 nitrogen and oxygen atoms in total. The molecule has 3 N–H and O–H groups in total.